The van der Waals surface area contributed by atoms with Gasteiger partial charge in [-0.05, 0) is 37.3 Å². The quantitative estimate of drug-likeness (QED) is 0.815. The van der Waals surface area contributed by atoms with Gasteiger partial charge in [0.2, 0.25) is 0 Å². The highest BCUT2D eigenvalue weighted by atomic mass is 15.3. The van der Waals surface area contributed by atoms with Gasteiger partial charge in [0.15, 0.2) is 0 Å². The van der Waals surface area contributed by atoms with Gasteiger partial charge in [-0.1, -0.05) is 30.3 Å². The second-order valence-corrected chi connectivity index (χ2v) is 5.05. The Morgan fingerprint density at radius 3 is 2.94 bits per heavy atom. The molecule has 2 aliphatic rings. The Labute approximate surface area is 97.6 Å². The van der Waals surface area contributed by atoms with Crippen LogP contribution in [-0.2, 0) is 6.54 Å². The highest BCUT2D eigenvalue weighted by Crippen LogP contribution is 2.30. The van der Waals surface area contributed by atoms with E-state index < -0.39 is 0 Å². The van der Waals surface area contributed by atoms with Crippen LogP contribution < -0.4 is 5.32 Å². The van der Waals surface area contributed by atoms with Gasteiger partial charge in [-0.15, -0.1) is 0 Å². The molecule has 1 N–H and O–H groups in total. The van der Waals surface area contributed by atoms with Crippen molar-refractivity contribution in [1.29, 1.82) is 0 Å². The molecule has 0 radical (unpaired) electrons. The van der Waals surface area contributed by atoms with Crippen molar-refractivity contribution in [3.05, 3.63) is 35.9 Å². The molecule has 0 saturated carbocycles. The summed E-state index contributed by atoms with van der Waals surface area (Å²) in [4.78, 5) is 2.61. The largest absolute Gasteiger partial charge is 0.301 e. The molecule has 1 aromatic carbocycles. The number of hydrogen-bond donors (Lipinski definition) is 1. The topological polar surface area (TPSA) is 15.3 Å². The predicted octanol–water partition coefficient (Wildman–Crippen LogP) is 2.22. The number of rotatable bonds is 2. The highest BCUT2D eigenvalue weighted by Gasteiger charge is 2.35. The summed E-state index contributed by atoms with van der Waals surface area (Å²) in [6.45, 7) is 3.57. The molecule has 2 fully saturated rings. The number of hydrogen-bond acceptors (Lipinski definition) is 2. The van der Waals surface area contributed by atoms with Gasteiger partial charge in [-0.25, -0.2) is 0 Å². The van der Waals surface area contributed by atoms with Crippen molar-refractivity contribution < 1.29 is 0 Å². The fraction of sp³-hybridized carbons (Fsp3) is 0.571. The van der Waals surface area contributed by atoms with E-state index in [2.05, 4.69) is 40.5 Å². The van der Waals surface area contributed by atoms with Crippen LogP contribution in [0.4, 0.5) is 0 Å². The van der Waals surface area contributed by atoms with Crippen LogP contribution in [0.1, 0.15) is 24.8 Å². The van der Waals surface area contributed by atoms with Crippen molar-refractivity contribution in [2.75, 3.05) is 13.1 Å². The third kappa shape index (κ3) is 2.00. The van der Waals surface area contributed by atoms with Crippen LogP contribution in [0.2, 0.25) is 0 Å². The van der Waals surface area contributed by atoms with E-state index in [1.807, 2.05) is 0 Å². The van der Waals surface area contributed by atoms with E-state index in [0.29, 0.717) is 6.17 Å². The monoisotopic (exact) mass is 216 g/mol. The molecule has 2 unspecified atom stereocenters. The van der Waals surface area contributed by atoms with E-state index in [4.69, 9.17) is 0 Å². The summed E-state index contributed by atoms with van der Waals surface area (Å²) >= 11 is 0. The number of fused-ring (bicyclic) bond motifs is 1. The lowest BCUT2D eigenvalue weighted by molar-refractivity contribution is 0.154. The third-order valence-corrected chi connectivity index (χ3v) is 3.96. The Balaban J connectivity index is 1.67. The lowest BCUT2D eigenvalue weighted by Crippen LogP contribution is -2.47. The molecular weight excluding hydrogens is 196 g/mol. The summed E-state index contributed by atoms with van der Waals surface area (Å²) in [7, 11) is 0. The predicted molar refractivity (Wildman–Crippen MR) is 66.0 cm³/mol. The van der Waals surface area contributed by atoms with E-state index in [9.17, 15) is 0 Å². The maximum atomic E-state index is 3.68. The SMILES string of the molecule is c1ccc(CN2CCC3CCCNC32)cc1. The number of benzene rings is 1. The van der Waals surface area contributed by atoms with E-state index in [1.165, 1.54) is 37.9 Å². The molecule has 1 aromatic rings. The van der Waals surface area contributed by atoms with Gasteiger partial charge >= 0.3 is 0 Å². The molecule has 2 saturated heterocycles. The zero-order valence-corrected chi connectivity index (χ0v) is 9.73. The summed E-state index contributed by atoms with van der Waals surface area (Å²) in [6.07, 6.45) is 4.81. The van der Waals surface area contributed by atoms with Gasteiger partial charge in [-0.2, -0.15) is 0 Å². The molecule has 2 heteroatoms. The zero-order valence-electron chi connectivity index (χ0n) is 9.73. The van der Waals surface area contributed by atoms with Crippen molar-refractivity contribution in [2.45, 2.75) is 32.0 Å². The van der Waals surface area contributed by atoms with Crippen LogP contribution >= 0.6 is 0 Å². The first kappa shape index (κ1) is 10.3. The Hall–Kier alpha value is -0.860. The Morgan fingerprint density at radius 1 is 1.19 bits per heavy atom. The summed E-state index contributed by atoms with van der Waals surface area (Å²) in [5.41, 5.74) is 1.44. The maximum Gasteiger partial charge on any atom is 0.0629 e. The molecule has 0 amide bonds. The van der Waals surface area contributed by atoms with Crippen LogP contribution in [0, 0.1) is 5.92 Å². The standard InChI is InChI=1S/C14H20N2/c1-2-5-12(6-3-1)11-16-10-8-13-7-4-9-15-14(13)16/h1-3,5-6,13-15H,4,7-11H2. The minimum Gasteiger partial charge on any atom is -0.301 e. The molecule has 86 valence electrons. The number of nitrogens with one attached hydrogen (secondary N) is 1. The Morgan fingerprint density at radius 2 is 2.06 bits per heavy atom. The van der Waals surface area contributed by atoms with Gasteiger partial charge in [0.05, 0.1) is 6.17 Å². The molecular formula is C14H20N2. The van der Waals surface area contributed by atoms with Crippen molar-refractivity contribution in [3.8, 4) is 0 Å². The molecule has 16 heavy (non-hydrogen) atoms. The smallest absolute Gasteiger partial charge is 0.0629 e. The zero-order chi connectivity index (χ0) is 10.8. The van der Waals surface area contributed by atoms with Gasteiger partial charge in [0.25, 0.3) is 0 Å². The summed E-state index contributed by atoms with van der Waals surface area (Å²) < 4.78 is 0. The molecule has 2 aliphatic heterocycles. The molecule has 0 spiro atoms. The molecule has 0 aliphatic carbocycles. The molecule has 2 atom stereocenters. The Kier molecular flexibility index (Phi) is 2.94. The van der Waals surface area contributed by atoms with Crippen LogP contribution in [0.25, 0.3) is 0 Å². The van der Waals surface area contributed by atoms with Crippen LogP contribution in [0.15, 0.2) is 30.3 Å². The fourth-order valence-corrected chi connectivity index (χ4v) is 3.13. The van der Waals surface area contributed by atoms with Gasteiger partial charge in [-0.3, -0.25) is 4.90 Å². The average Bonchev–Trinajstić information content (AvgIpc) is 2.74. The van der Waals surface area contributed by atoms with Gasteiger partial charge in [0.1, 0.15) is 0 Å². The lowest BCUT2D eigenvalue weighted by atomic mass is 9.96. The minimum absolute atomic E-state index is 0.647. The van der Waals surface area contributed by atoms with E-state index in [1.54, 1.807) is 0 Å². The number of likely N-dealkylation sites (tertiary alicyclic amines) is 1. The van der Waals surface area contributed by atoms with Crippen LogP contribution in [-0.4, -0.2) is 24.2 Å². The van der Waals surface area contributed by atoms with Crippen molar-refractivity contribution in [3.63, 3.8) is 0 Å². The molecule has 0 bridgehead atoms. The van der Waals surface area contributed by atoms with Crippen molar-refractivity contribution >= 4 is 0 Å². The lowest BCUT2D eigenvalue weighted by Gasteiger charge is -2.32. The van der Waals surface area contributed by atoms with Gasteiger partial charge in [0, 0.05) is 13.1 Å². The van der Waals surface area contributed by atoms with Crippen molar-refractivity contribution in [2.24, 2.45) is 5.92 Å². The van der Waals surface area contributed by atoms with Crippen molar-refractivity contribution in [1.82, 2.24) is 10.2 Å². The number of nitrogens with zero attached hydrogens (tertiary/aromatic N) is 1. The normalized spacial score (nSPS) is 30.2. The second kappa shape index (κ2) is 4.56. The second-order valence-electron chi connectivity index (χ2n) is 5.05. The first-order chi connectivity index (χ1) is 7.93. The average molecular weight is 216 g/mol. The maximum absolute atomic E-state index is 3.68. The first-order valence-electron chi connectivity index (χ1n) is 6.45. The summed E-state index contributed by atoms with van der Waals surface area (Å²) in [5.74, 6) is 0.900. The summed E-state index contributed by atoms with van der Waals surface area (Å²) in [5, 5.41) is 3.68. The molecule has 0 aromatic heterocycles. The number of piperidine rings is 1. The first-order valence-corrected chi connectivity index (χ1v) is 6.45. The van der Waals surface area contributed by atoms with Gasteiger partial charge < -0.3 is 5.32 Å². The minimum atomic E-state index is 0.647. The van der Waals surface area contributed by atoms with E-state index >= 15 is 0 Å². The fourth-order valence-electron chi connectivity index (χ4n) is 3.13. The summed E-state index contributed by atoms with van der Waals surface area (Å²) in [6, 6.07) is 10.8. The Bertz CT molecular complexity index is 336. The van der Waals surface area contributed by atoms with E-state index in [0.717, 1.165) is 12.5 Å². The van der Waals surface area contributed by atoms with Crippen LogP contribution in [0.3, 0.4) is 0 Å². The highest BCUT2D eigenvalue weighted by molar-refractivity contribution is 5.15. The third-order valence-electron chi connectivity index (χ3n) is 3.96. The van der Waals surface area contributed by atoms with Crippen LogP contribution in [0.5, 0.6) is 0 Å². The molecule has 2 heterocycles. The molecule has 3 rings (SSSR count). The van der Waals surface area contributed by atoms with E-state index in [-0.39, 0.29) is 0 Å². The molecule has 2 nitrogen and oxygen atoms in total.